The predicted molar refractivity (Wildman–Crippen MR) is 79.8 cm³/mol. The number of anilines is 2. The largest absolute Gasteiger partial charge is 0.465 e. The SMILES string of the molecule is CCC1CCCN(c2cc(C(=O)OC)c(N)cn2)CC1. The number of carbonyl (C=O) groups excluding carboxylic acids is 1. The molecule has 1 atom stereocenters. The maximum absolute atomic E-state index is 11.7. The fraction of sp³-hybridized carbons (Fsp3) is 0.600. The minimum Gasteiger partial charge on any atom is -0.465 e. The van der Waals surface area contributed by atoms with Crippen LogP contribution >= 0.6 is 0 Å². The van der Waals surface area contributed by atoms with E-state index in [0.29, 0.717) is 11.3 Å². The van der Waals surface area contributed by atoms with Crippen LogP contribution in [0.3, 0.4) is 0 Å². The summed E-state index contributed by atoms with van der Waals surface area (Å²) >= 11 is 0. The van der Waals surface area contributed by atoms with E-state index < -0.39 is 5.97 Å². The van der Waals surface area contributed by atoms with E-state index in [9.17, 15) is 4.79 Å². The van der Waals surface area contributed by atoms with Crippen LogP contribution in [0, 0.1) is 5.92 Å². The number of aromatic nitrogens is 1. The maximum Gasteiger partial charge on any atom is 0.340 e. The topological polar surface area (TPSA) is 68.5 Å². The van der Waals surface area contributed by atoms with Gasteiger partial charge >= 0.3 is 5.97 Å². The number of methoxy groups -OCH3 is 1. The number of ether oxygens (including phenoxy) is 1. The van der Waals surface area contributed by atoms with E-state index in [1.54, 1.807) is 12.3 Å². The van der Waals surface area contributed by atoms with Gasteiger partial charge in [-0.1, -0.05) is 13.3 Å². The van der Waals surface area contributed by atoms with Gasteiger partial charge in [0.2, 0.25) is 0 Å². The van der Waals surface area contributed by atoms with Crippen molar-refractivity contribution in [1.82, 2.24) is 4.98 Å². The number of rotatable bonds is 3. The summed E-state index contributed by atoms with van der Waals surface area (Å²) in [6.45, 7) is 4.21. The number of carbonyl (C=O) groups is 1. The summed E-state index contributed by atoms with van der Waals surface area (Å²) in [7, 11) is 1.36. The van der Waals surface area contributed by atoms with Crippen LogP contribution in [0.25, 0.3) is 0 Å². The average Bonchev–Trinajstić information content (AvgIpc) is 2.72. The molecule has 2 rings (SSSR count). The number of hydrogen-bond acceptors (Lipinski definition) is 5. The second-order valence-corrected chi connectivity index (χ2v) is 5.31. The highest BCUT2D eigenvalue weighted by Gasteiger charge is 2.19. The molecule has 110 valence electrons. The molecule has 2 heterocycles. The van der Waals surface area contributed by atoms with Crippen LogP contribution in [0.15, 0.2) is 12.3 Å². The van der Waals surface area contributed by atoms with E-state index in [4.69, 9.17) is 10.5 Å². The Morgan fingerprint density at radius 3 is 3.00 bits per heavy atom. The molecule has 0 bridgehead atoms. The molecular formula is C15H23N3O2. The first-order valence-corrected chi connectivity index (χ1v) is 7.24. The van der Waals surface area contributed by atoms with Crippen LogP contribution in [0.5, 0.6) is 0 Å². The minimum atomic E-state index is -0.410. The van der Waals surface area contributed by atoms with Gasteiger partial charge in [0.05, 0.1) is 24.6 Å². The molecule has 2 N–H and O–H groups in total. The lowest BCUT2D eigenvalue weighted by atomic mass is 9.98. The Labute approximate surface area is 120 Å². The first-order valence-electron chi connectivity index (χ1n) is 7.24. The van der Waals surface area contributed by atoms with Gasteiger partial charge in [-0.25, -0.2) is 9.78 Å². The fourth-order valence-corrected chi connectivity index (χ4v) is 2.72. The Bertz CT molecular complexity index is 476. The summed E-state index contributed by atoms with van der Waals surface area (Å²) < 4.78 is 4.75. The molecular weight excluding hydrogens is 254 g/mol. The van der Waals surface area contributed by atoms with Crippen molar-refractivity contribution in [2.75, 3.05) is 30.8 Å². The van der Waals surface area contributed by atoms with Gasteiger partial charge < -0.3 is 15.4 Å². The van der Waals surface area contributed by atoms with Crippen molar-refractivity contribution in [2.45, 2.75) is 32.6 Å². The van der Waals surface area contributed by atoms with Gasteiger partial charge in [0.1, 0.15) is 5.82 Å². The van der Waals surface area contributed by atoms with Gasteiger partial charge in [0, 0.05) is 13.1 Å². The summed E-state index contributed by atoms with van der Waals surface area (Å²) in [6.07, 6.45) is 6.39. The summed E-state index contributed by atoms with van der Waals surface area (Å²) in [6, 6.07) is 1.74. The van der Waals surface area contributed by atoms with Crippen LogP contribution in [-0.2, 0) is 4.74 Å². The zero-order valence-corrected chi connectivity index (χ0v) is 12.3. The van der Waals surface area contributed by atoms with Crippen molar-refractivity contribution in [3.05, 3.63) is 17.8 Å². The lowest BCUT2D eigenvalue weighted by Crippen LogP contribution is -2.25. The van der Waals surface area contributed by atoms with Crippen molar-refractivity contribution in [3.8, 4) is 0 Å². The minimum absolute atomic E-state index is 0.363. The second kappa shape index (κ2) is 6.59. The second-order valence-electron chi connectivity index (χ2n) is 5.31. The van der Waals surface area contributed by atoms with Crippen LogP contribution in [0.1, 0.15) is 43.0 Å². The molecule has 1 saturated heterocycles. The van der Waals surface area contributed by atoms with E-state index in [-0.39, 0.29) is 0 Å². The van der Waals surface area contributed by atoms with Crippen molar-refractivity contribution in [1.29, 1.82) is 0 Å². The molecule has 0 aromatic carbocycles. The van der Waals surface area contributed by atoms with Gasteiger partial charge in [0.15, 0.2) is 0 Å². The molecule has 5 nitrogen and oxygen atoms in total. The number of pyridine rings is 1. The Morgan fingerprint density at radius 1 is 1.50 bits per heavy atom. The fourth-order valence-electron chi connectivity index (χ4n) is 2.72. The highest BCUT2D eigenvalue weighted by Crippen LogP contribution is 2.25. The van der Waals surface area contributed by atoms with Crippen LogP contribution in [-0.4, -0.2) is 31.2 Å². The Kier molecular flexibility index (Phi) is 4.82. The first kappa shape index (κ1) is 14.6. The van der Waals surface area contributed by atoms with Gasteiger partial charge in [0.25, 0.3) is 0 Å². The molecule has 0 saturated carbocycles. The average molecular weight is 277 g/mol. The summed E-state index contributed by atoms with van der Waals surface area (Å²) in [5.41, 5.74) is 6.55. The highest BCUT2D eigenvalue weighted by molar-refractivity contribution is 5.95. The Morgan fingerprint density at radius 2 is 2.30 bits per heavy atom. The number of hydrogen-bond donors (Lipinski definition) is 1. The van der Waals surface area contributed by atoms with Crippen molar-refractivity contribution in [3.63, 3.8) is 0 Å². The van der Waals surface area contributed by atoms with Gasteiger partial charge in [-0.3, -0.25) is 0 Å². The van der Waals surface area contributed by atoms with E-state index in [1.165, 1.54) is 26.4 Å². The molecule has 0 amide bonds. The standard InChI is InChI=1S/C15H23N3O2/c1-3-11-5-4-7-18(8-6-11)14-9-12(15(19)20-2)13(16)10-17-14/h9-11H,3-8,16H2,1-2H3. The molecule has 1 aromatic rings. The van der Waals surface area contributed by atoms with E-state index in [1.807, 2.05) is 0 Å². The number of nitrogen functional groups attached to an aromatic ring is 1. The molecule has 1 aliphatic heterocycles. The molecule has 20 heavy (non-hydrogen) atoms. The molecule has 0 spiro atoms. The van der Waals surface area contributed by atoms with E-state index >= 15 is 0 Å². The molecule has 0 radical (unpaired) electrons. The van der Waals surface area contributed by atoms with E-state index in [2.05, 4.69) is 16.8 Å². The van der Waals surface area contributed by atoms with Gasteiger partial charge in [-0.2, -0.15) is 0 Å². The molecule has 1 fully saturated rings. The van der Waals surface area contributed by atoms with Gasteiger partial charge in [-0.05, 0) is 31.2 Å². The van der Waals surface area contributed by atoms with Crippen LogP contribution in [0.2, 0.25) is 0 Å². The number of nitrogens with two attached hydrogens (primary N) is 1. The van der Waals surface area contributed by atoms with Crippen molar-refractivity contribution >= 4 is 17.5 Å². The Hall–Kier alpha value is -1.78. The zero-order chi connectivity index (χ0) is 14.5. The molecule has 1 unspecified atom stereocenters. The highest BCUT2D eigenvalue weighted by atomic mass is 16.5. The lowest BCUT2D eigenvalue weighted by Gasteiger charge is -2.22. The third-order valence-electron chi connectivity index (χ3n) is 4.07. The maximum atomic E-state index is 11.7. The predicted octanol–water partition coefficient (Wildman–Crippen LogP) is 2.47. The van der Waals surface area contributed by atoms with Crippen molar-refractivity contribution in [2.24, 2.45) is 5.92 Å². The summed E-state index contributed by atoms with van der Waals surface area (Å²) in [4.78, 5) is 18.3. The summed E-state index contributed by atoms with van der Waals surface area (Å²) in [5.74, 6) is 1.21. The van der Waals surface area contributed by atoms with Crippen LogP contribution in [0.4, 0.5) is 11.5 Å². The third-order valence-corrected chi connectivity index (χ3v) is 4.07. The molecule has 1 aliphatic rings. The smallest absolute Gasteiger partial charge is 0.340 e. The quantitative estimate of drug-likeness (QED) is 0.860. The molecule has 5 heteroatoms. The molecule has 1 aromatic heterocycles. The normalized spacial score (nSPS) is 19.5. The number of esters is 1. The Balaban J connectivity index is 2.18. The third kappa shape index (κ3) is 3.21. The van der Waals surface area contributed by atoms with Crippen LogP contribution < -0.4 is 10.6 Å². The van der Waals surface area contributed by atoms with E-state index in [0.717, 1.165) is 31.2 Å². The lowest BCUT2D eigenvalue weighted by molar-refractivity contribution is 0.0602. The van der Waals surface area contributed by atoms with Crippen molar-refractivity contribution < 1.29 is 9.53 Å². The molecule has 0 aliphatic carbocycles. The summed E-state index contributed by atoms with van der Waals surface area (Å²) in [5, 5.41) is 0. The first-order chi connectivity index (χ1) is 9.65. The number of nitrogens with zero attached hydrogens (tertiary/aromatic N) is 2. The monoisotopic (exact) mass is 277 g/mol. The van der Waals surface area contributed by atoms with Gasteiger partial charge in [-0.15, -0.1) is 0 Å². The zero-order valence-electron chi connectivity index (χ0n) is 12.3.